The Bertz CT molecular complexity index is 596. The van der Waals surface area contributed by atoms with Gasteiger partial charge < -0.3 is 19.1 Å². The summed E-state index contributed by atoms with van der Waals surface area (Å²) in [7, 11) is 0. The van der Waals surface area contributed by atoms with Crippen molar-refractivity contribution in [3.05, 3.63) is 30.1 Å². The molecule has 0 saturated carbocycles. The molecule has 118 valence electrons. The van der Waals surface area contributed by atoms with Gasteiger partial charge in [-0.25, -0.2) is 0 Å². The summed E-state index contributed by atoms with van der Waals surface area (Å²) in [6.45, 7) is 5.91. The van der Waals surface area contributed by atoms with Gasteiger partial charge in [0.2, 0.25) is 5.95 Å². The van der Waals surface area contributed by atoms with Crippen molar-refractivity contribution in [1.82, 2.24) is 15.2 Å². The first kappa shape index (κ1) is 14.6. The summed E-state index contributed by atoms with van der Waals surface area (Å²) in [5, 5.41) is 7.15. The van der Waals surface area contributed by atoms with Crippen molar-refractivity contribution in [3.63, 3.8) is 0 Å². The van der Waals surface area contributed by atoms with Crippen LogP contribution in [0.1, 0.15) is 12.7 Å². The van der Waals surface area contributed by atoms with E-state index in [4.69, 9.17) is 14.2 Å². The normalized spacial score (nSPS) is 14.9. The number of morpholine rings is 1. The Balaban J connectivity index is 1.61. The summed E-state index contributed by atoms with van der Waals surface area (Å²) >= 11 is 0. The van der Waals surface area contributed by atoms with Crippen molar-refractivity contribution in [2.75, 3.05) is 37.8 Å². The molecular weight excluding hydrogens is 284 g/mol. The van der Waals surface area contributed by atoms with Crippen LogP contribution in [0.2, 0.25) is 0 Å². The molecule has 1 aliphatic heterocycles. The third-order valence-corrected chi connectivity index (χ3v) is 3.33. The van der Waals surface area contributed by atoms with Gasteiger partial charge in [-0.05, 0) is 19.1 Å². The van der Waals surface area contributed by atoms with Gasteiger partial charge in [0.1, 0.15) is 6.61 Å². The predicted octanol–water partition coefficient (Wildman–Crippen LogP) is 1.62. The first-order chi connectivity index (χ1) is 10.9. The van der Waals surface area contributed by atoms with Crippen LogP contribution in [0.3, 0.4) is 0 Å². The highest BCUT2D eigenvalue weighted by Crippen LogP contribution is 2.27. The fourth-order valence-corrected chi connectivity index (χ4v) is 2.24. The van der Waals surface area contributed by atoms with Crippen molar-refractivity contribution in [2.24, 2.45) is 0 Å². The van der Waals surface area contributed by atoms with Crippen LogP contribution in [0, 0.1) is 0 Å². The van der Waals surface area contributed by atoms with E-state index in [1.54, 1.807) is 0 Å². The number of ether oxygens (including phenoxy) is 3. The van der Waals surface area contributed by atoms with Crippen molar-refractivity contribution in [3.8, 4) is 11.5 Å². The van der Waals surface area contributed by atoms with Gasteiger partial charge in [-0.15, -0.1) is 5.10 Å². The average Bonchev–Trinajstić information content (AvgIpc) is 3.04. The van der Waals surface area contributed by atoms with Crippen LogP contribution >= 0.6 is 0 Å². The highest BCUT2D eigenvalue weighted by atomic mass is 16.5. The summed E-state index contributed by atoms with van der Waals surface area (Å²) < 4.78 is 16.6. The van der Waals surface area contributed by atoms with E-state index in [1.807, 2.05) is 31.2 Å². The summed E-state index contributed by atoms with van der Waals surface area (Å²) in [5.74, 6) is 2.82. The number of aromatic nitrogens is 3. The Morgan fingerprint density at radius 1 is 1.18 bits per heavy atom. The zero-order chi connectivity index (χ0) is 15.2. The summed E-state index contributed by atoms with van der Waals surface area (Å²) in [5.41, 5.74) is 0. The Labute approximate surface area is 129 Å². The lowest BCUT2D eigenvalue weighted by Gasteiger charge is -2.25. The third kappa shape index (κ3) is 3.48. The average molecular weight is 304 g/mol. The molecule has 0 radical (unpaired) electrons. The lowest BCUT2D eigenvalue weighted by Crippen LogP contribution is -2.36. The maximum absolute atomic E-state index is 5.77. The van der Waals surface area contributed by atoms with Gasteiger partial charge in [-0.3, -0.25) is 5.10 Å². The second kappa shape index (κ2) is 7.13. The first-order valence-corrected chi connectivity index (χ1v) is 7.45. The van der Waals surface area contributed by atoms with E-state index >= 15 is 0 Å². The molecule has 1 N–H and O–H groups in total. The number of anilines is 1. The molecule has 1 aliphatic rings. The van der Waals surface area contributed by atoms with E-state index < -0.39 is 0 Å². The minimum Gasteiger partial charge on any atom is -0.490 e. The first-order valence-electron chi connectivity index (χ1n) is 7.45. The monoisotopic (exact) mass is 304 g/mol. The van der Waals surface area contributed by atoms with E-state index in [-0.39, 0.29) is 0 Å². The minimum atomic E-state index is 0.321. The van der Waals surface area contributed by atoms with E-state index in [9.17, 15) is 0 Å². The molecule has 1 fully saturated rings. The Hall–Kier alpha value is -2.28. The molecule has 2 heterocycles. The van der Waals surface area contributed by atoms with Gasteiger partial charge in [-0.2, -0.15) is 4.98 Å². The van der Waals surface area contributed by atoms with Gasteiger partial charge in [0.05, 0.1) is 19.8 Å². The quantitative estimate of drug-likeness (QED) is 0.874. The number of nitrogens with zero attached hydrogens (tertiary/aromatic N) is 3. The topological polar surface area (TPSA) is 72.5 Å². The molecule has 7 heteroatoms. The van der Waals surface area contributed by atoms with E-state index in [1.165, 1.54) is 0 Å². The predicted molar refractivity (Wildman–Crippen MR) is 81.4 cm³/mol. The highest BCUT2D eigenvalue weighted by molar-refractivity contribution is 5.39. The van der Waals surface area contributed by atoms with Crippen LogP contribution in [0.4, 0.5) is 5.95 Å². The maximum Gasteiger partial charge on any atom is 0.244 e. The van der Waals surface area contributed by atoms with Crippen molar-refractivity contribution in [2.45, 2.75) is 13.5 Å². The SMILES string of the molecule is CCOc1ccccc1OCc1nc(N2CCOCC2)n[nH]1. The fourth-order valence-electron chi connectivity index (χ4n) is 2.24. The number of para-hydroxylation sites is 2. The van der Waals surface area contributed by atoms with Crippen LogP contribution in [-0.2, 0) is 11.3 Å². The number of benzene rings is 1. The molecule has 2 aromatic rings. The largest absolute Gasteiger partial charge is 0.490 e. The molecule has 1 saturated heterocycles. The number of nitrogens with one attached hydrogen (secondary N) is 1. The zero-order valence-corrected chi connectivity index (χ0v) is 12.6. The lowest BCUT2D eigenvalue weighted by atomic mass is 10.3. The molecule has 1 aromatic heterocycles. The molecule has 0 atom stereocenters. The van der Waals surface area contributed by atoms with Crippen LogP contribution < -0.4 is 14.4 Å². The summed E-state index contributed by atoms with van der Waals surface area (Å²) in [6, 6.07) is 7.60. The number of hydrogen-bond donors (Lipinski definition) is 1. The number of H-pyrrole nitrogens is 1. The van der Waals surface area contributed by atoms with Crippen molar-refractivity contribution in [1.29, 1.82) is 0 Å². The molecule has 7 nitrogen and oxygen atoms in total. The molecule has 0 unspecified atom stereocenters. The second-order valence-electron chi connectivity index (χ2n) is 4.85. The van der Waals surface area contributed by atoms with Gasteiger partial charge >= 0.3 is 0 Å². The molecule has 1 aromatic carbocycles. The Morgan fingerprint density at radius 3 is 2.64 bits per heavy atom. The highest BCUT2D eigenvalue weighted by Gasteiger charge is 2.16. The van der Waals surface area contributed by atoms with Crippen LogP contribution in [0.25, 0.3) is 0 Å². The summed E-state index contributed by atoms with van der Waals surface area (Å²) in [4.78, 5) is 6.56. The Kier molecular flexibility index (Phi) is 4.75. The number of rotatable bonds is 6. The summed E-state index contributed by atoms with van der Waals surface area (Å²) in [6.07, 6.45) is 0. The molecule has 3 rings (SSSR count). The zero-order valence-electron chi connectivity index (χ0n) is 12.6. The van der Waals surface area contributed by atoms with Gasteiger partial charge in [-0.1, -0.05) is 12.1 Å². The molecular formula is C15H20N4O3. The minimum absolute atomic E-state index is 0.321. The van der Waals surface area contributed by atoms with Crippen LogP contribution in [0.5, 0.6) is 11.5 Å². The van der Waals surface area contributed by atoms with E-state index in [2.05, 4.69) is 20.1 Å². The molecule has 0 bridgehead atoms. The van der Waals surface area contributed by atoms with E-state index in [0.717, 1.165) is 18.8 Å². The molecule has 0 aliphatic carbocycles. The van der Waals surface area contributed by atoms with Crippen LogP contribution in [0.15, 0.2) is 24.3 Å². The second-order valence-corrected chi connectivity index (χ2v) is 4.85. The molecule has 22 heavy (non-hydrogen) atoms. The van der Waals surface area contributed by atoms with Gasteiger partial charge in [0.25, 0.3) is 0 Å². The molecule has 0 spiro atoms. The van der Waals surface area contributed by atoms with Crippen molar-refractivity contribution < 1.29 is 14.2 Å². The number of hydrogen-bond acceptors (Lipinski definition) is 6. The van der Waals surface area contributed by atoms with Gasteiger partial charge in [0.15, 0.2) is 17.3 Å². The van der Waals surface area contributed by atoms with Gasteiger partial charge in [0, 0.05) is 13.1 Å². The lowest BCUT2D eigenvalue weighted by molar-refractivity contribution is 0.122. The van der Waals surface area contributed by atoms with Crippen LogP contribution in [-0.4, -0.2) is 48.1 Å². The Morgan fingerprint density at radius 2 is 1.91 bits per heavy atom. The maximum atomic E-state index is 5.77. The third-order valence-electron chi connectivity index (χ3n) is 3.33. The fraction of sp³-hybridized carbons (Fsp3) is 0.467. The van der Waals surface area contributed by atoms with E-state index in [0.29, 0.717) is 43.9 Å². The van der Waals surface area contributed by atoms with Crippen molar-refractivity contribution >= 4 is 5.95 Å². The standard InChI is InChI=1S/C15H20N4O3/c1-2-21-12-5-3-4-6-13(12)22-11-14-16-15(18-17-14)19-7-9-20-10-8-19/h3-6H,2,7-11H2,1H3,(H,16,17,18). The smallest absolute Gasteiger partial charge is 0.244 e. The molecule has 0 amide bonds. The number of aromatic amines is 1.